The van der Waals surface area contributed by atoms with Gasteiger partial charge in [0.25, 0.3) is 11.6 Å². The van der Waals surface area contributed by atoms with E-state index in [1.807, 2.05) is 55.5 Å². The Morgan fingerprint density at radius 3 is 2.65 bits per heavy atom. The van der Waals surface area contributed by atoms with Crippen LogP contribution in [0.5, 0.6) is 0 Å². The molecule has 1 aliphatic heterocycles. The summed E-state index contributed by atoms with van der Waals surface area (Å²) in [6, 6.07) is 19.8. The molecule has 0 spiro atoms. The average molecular weight is 474 g/mol. The molecule has 0 saturated carbocycles. The number of fused-ring (bicyclic) bond motifs is 3. The van der Waals surface area contributed by atoms with E-state index in [9.17, 15) is 14.9 Å². The van der Waals surface area contributed by atoms with Crippen LogP contribution in [0.15, 0.2) is 78.9 Å². The molecule has 1 amide bonds. The van der Waals surface area contributed by atoms with Gasteiger partial charge < -0.3 is 10.2 Å². The standard InChI is InChI=1S/C27H24ClN3O3/c1-2-30(18-7-4-3-5-8-18)27(32)17-11-14-25-22(15-17)20-9-6-10-21(20)26(29-25)23-16-19(31(33)34)12-13-24(23)28/h3-9,11-16,20-21,26,29H,2,10H2,1H3. The Morgan fingerprint density at radius 2 is 1.91 bits per heavy atom. The van der Waals surface area contributed by atoms with Crippen LogP contribution >= 0.6 is 11.6 Å². The van der Waals surface area contributed by atoms with Gasteiger partial charge in [-0.05, 0) is 61.2 Å². The number of amides is 1. The number of allylic oxidation sites excluding steroid dienone is 2. The van der Waals surface area contributed by atoms with Crippen molar-refractivity contribution in [1.82, 2.24) is 0 Å². The molecule has 0 radical (unpaired) electrons. The van der Waals surface area contributed by atoms with Gasteiger partial charge >= 0.3 is 0 Å². The van der Waals surface area contributed by atoms with E-state index in [0.717, 1.165) is 28.9 Å². The van der Waals surface area contributed by atoms with Crippen LogP contribution in [0.1, 0.15) is 46.8 Å². The van der Waals surface area contributed by atoms with Crippen LogP contribution < -0.4 is 10.2 Å². The molecular weight excluding hydrogens is 450 g/mol. The molecule has 2 aliphatic rings. The maximum absolute atomic E-state index is 13.4. The van der Waals surface area contributed by atoms with Crippen molar-refractivity contribution in [2.45, 2.75) is 25.3 Å². The van der Waals surface area contributed by atoms with Crippen molar-refractivity contribution in [2.24, 2.45) is 5.92 Å². The third-order valence-electron chi connectivity index (χ3n) is 6.76. The predicted molar refractivity (Wildman–Crippen MR) is 135 cm³/mol. The van der Waals surface area contributed by atoms with Crippen molar-refractivity contribution >= 4 is 34.6 Å². The Bertz CT molecular complexity index is 1290. The minimum Gasteiger partial charge on any atom is -0.378 e. The second-order valence-corrected chi connectivity index (χ2v) is 9.03. The molecule has 0 bridgehead atoms. The summed E-state index contributed by atoms with van der Waals surface area (Å²) < 4.78 is 0. The highest BCUT2D eigenvalue weighted by molar-refractivity contribution is 6.31. The lowest BCUT2D eigenvalue weighted by molar-refractivity contribution is -0.384. The number of benzene rings is 3. The summed E-state index contributed by atoms with van der Waals surface area (Å²) >= 11 is 6.49. The maximum Gasteiger partial charge on any atom is 0.269 e. The smallest absolute Gasteiger partial charge is 0.269 e. The molecule has 1 heterocycles. The fourth-order valence-corrected chi connectivity index (χ4v) is 5.36. The van der Waals surface area contributed by atoms with E-state index in [2.05, 4.69) is 17.5 Å². The van der Waals surface area contributed by atoms with Gasteiger partial charge in [-0.3, -0.25) is 14.9 Å². The fourth-order valence-electron chi connectivity index (χ4n) is 5.13. The molecule has 0 fully saturated rings. The summed E-state index contributed by atoms with van der Waals surface area (Å²) in [5, 5.41) is 15.4. The van der Waals surface area contributed by atoms with Gasteiger partial charge in [0.2, 0.25) is 0 Å². The largest absolute Gasteiger partial charge is 0.378 e. The molecule has 34 heavy (non-hydrogen) atoms. The molecule has 3 atom stereocenters. The Balaban J connectivity index is 1.51. The number of nitro benzene ring substituents is 1. The van der Waals surface area contributed by atoms with Crippen molar-refractivity contribution < 1.29 is 9.72 Å². The Hall–Kier alpha value is -3.64. The molecule has 1 aliphatic carbocycles. The number of nitro groups is 1. The topological polar surface area (TPSA) is 75.5 Å². The number of anilines is 2. The van der Waals surface area contributed by atoms with Crippen LogP contribution in [0.25, 0.3) is 0 Å². The van der Waals surface area contributed by atoms with E-state index < -0.39 is 4.92 Å². The average Bonchev–Trinajstić information content (AvgIpc) is 3.35. The van der Waals surface area contributed by atoms with Crippen LogP contribution in [0.3, 0.4) is 0 Å². The highest BCUT2D eigenvalue weighted by Gasteiger charge is 2.39. The number of carbonyl (C=O) groups excluding carboxylic acids is 1. The van der Waals surface area contributed by atoms with E-state index in [1.165, 1.54) is 6.07 Å². The molecule has 3 aromatic rings. The number of rotatable bonds is 5. The summed E-state index contributed by atoms with van der Waals surface area (Å²) in [5.41, 5.74) is 4.23. The van der Waals surface area contributed by atoms with Crippen molar-refractivity contribution in [1.29, 1.82) is 0 Å². The van der Waals surface area contributed by atoms with E-state index in [-0.39, 0.29) is 29.5 Å². The summed E-state index contributed by atoms with van der Waals surface area (Å²) in [7, 11) is 0. The number of hydrogen-bond acceptors (Lipinski definition) is 4. The quantitative estimate of drug-likeness (QED) is 0.253. The van der Waals surface area contributed by atoms with Gasteiger partial charge in [-0.2, -0.15) is 0 Å². The first-order chi connectivity index (χ1) is 16.5. The number of nitrogens with one attached hydrogen (secondary N) is 1. The number of carbonyl (C=O) groups is 1. The van der Waals surface area contributed by atoms with Gasteiger partial charge in [0.05, 0.1) is 11.0 Å². The molecule has 0 saturated heterocycles. The zero-order valence-corrected chi connectivity index (χ0v) is 19.4. The molecule has 3 unspecified atom stereocenters. The summed E-state index contributed by atoms with van der Waals surface area (Å²) in [6.07, 6.45) is 5.14. The van der Waals surface area contributed by atoms with Crippen LogP contribution in [-0.2, 0) is 0 Å². The van der Waals surface area contributed by atoms with Crippen LogP contribution in [-0.4, -0.2) is 17.4 Å². The molecule has 0 aromatic heterocycles. The number of nitrogens with zero attached hydrogens (tertiary/aromatic N) is 2. The zero-order chi connectivity index (χ0) is 23.8. The minimum absolute atomic E-state index is 0.0241. The van der Waals surface area contributed by atoms with Crippen molar-refractivity contribution in [3.63, 3.8) is 0 Å². The normalized spacial score (nSPS) is 20.2. The van der Waals surface area contributed by atoms with Crippen LogP contribution in [0.2, 0.25) is 5.02 Å². The maximum atomic E-state index is 13.4. The molecule has 5 rings (SSSR count). The minimum atomic E-state index is -0.398. The molecule has 1 N–H and O–H groups in total. The molecular formula is C27H24ClN3O3. The first-order valence-corrected chi connectivity index (χ1v) is 11.7. The van der Waals surface area contributed by atoms with Gasteiger partial charge in [0.1, 0.15) is 0 Å². The monoisotopic (exact) mass is 473 g/mol. The molecule has 6 nitrogen and oxygen atoms in total. The first-order valence-electron chi connectivity index (χ1n) is 11.4. The van der Waals surface area contributed by atoms with Crippen molar-refractivity contribution in [2.75, 3.05) is 16.8 Å². The second kappa shape index (κ2) is 8.95. The van der Waals surface area contributed by atoms with Gasteiger partial charge in [-0.1, -0.05) is 42.0 Å². The van der Waals surface area contributed by atoms with Crippen LogP contribution in [0.4, 0.5) is 17.1 Å². The molecule has 3 aromatic carbocycles. The zero-order valence-electron chi connectivity index (χ0n) is 18.6. The van der Waals surface area contributed by atoms with E-state index in [0.29, 0.717) is 17.1 Å². The van der Waals surface area contributed by atoms with Gasteiger partial charge in [-0.15, -0.1) is 0 Å². The SMILES string of the molecule is CCN(C(=O)c1ccc2c(c1)C1C=CCC1C(c1cc([N+](=O)[O-])ccc1Cl)N2)c1ccccc1. The molecule has 7 heteroatoms. The Morgan fingerprint density at radius 1 is 1.12 bits per heavy atom. The first kappa shape index (κ1) is 22.2. The number of hydrogen-bond donors (Lipinski definition) is 1. The van der Waals surface area contributed by atoms with Gasteiger partial charge in [0, 0.05) is 52.1 Å². The Kier molecular flexibility index (Phi) is 5.84. The molecule has 172 valence electrons. The predicted octanol–water partition coefficient (Wildman–Crippen LogP) is 6.74. The number of halogens is 1. The highest BCUT2D eigenvalue weighted by Crippen LogP contribution is 2.51. The van der Waals surface area contributed by atoms with Gasteiger partial charge in [0.15, 0.2) is 0 Å². The van der Waals surface area contributed by atoms with E-state index >= 15 is 0 Å². The van der Waals surface area contributed by atoms with E-state index in [4.69, 9.17) is 11.6 Å². The highest BCUT2D eigenvalue weighted by atomic mass is 35.5. The fraction of sp³-hybridized carbons (Fsp3) is 0.222. The van der Waals surface area contributed by atoms with Crippen molar-refractivity contribution in [3.8, 4) is 0 Å². The lowest BCUT2D eigenvalue weighted by atomic mass is 9.76. The lowest BCUT2D eigenvalue weighted by Gasteiger charge is -2.38. The summed E-state index contributed by atoms with van der Waals surface area (Å²) in [5.74, 6) is 0.198. The lowest BCUT2D eigenvalue weighted by Crippen LogP contribution is -2.32. The Labute approximate surface area is 203 Å². The summed E-state index contributed by atoms with van der Waals surface area (Å²) in [4.78, 5) is 26.1. The number of non-ortho nitro benzene ring substituents is 1. The third kappa shape index (κ3) is 3.84. The van der Waals surface area contributed by atoms with Crippen LogP contribution in [0, 0.1) is 16.0 Å². The number of para-hydroxylation sites is 1. The van der Waals surface area contributed by atoms with Crippen molar-refractivity contribution in [3.05, 3.63) is 111 Å². The van der Waals surface area contributed by atoms with E-state index in [1.54, 1.807) is 17.0 Å². The third-order valence-corrected chi connectivity index (χ3v) is 7.11. The second-order valence-electron chi connectivity index (χ2n) is 8.63. The van der Waals surface area contributed by atoms with Gasteiger partial charge in [-0.25, -0.2) is 0 Å². The summed E-state index contributed by atoms with van der Waals surface area (Å²) in [6.45, 7) is 2.53.